The molecule has 1 heterocycles. The van der Waals surface area contributed by atoms with Crippen molar-refractivity contribution in [1.82, 2.24) is 15.2 Å². The Morgan fingerprint density at radius 1 is 1.37 bits per heavy atom. The number of benzene rings is 1. The molecular formula is C13H14N4O2. The second kappa shape index (κ2) is 5.09. The standard InChI is InChI=1S/C13H14N4O2/c18-12(16-13-14-8-15-17-13)7-19-11-5-4-9-2-1-3-10(9)6-11/h4-6,8H,1-3,7H2,(H2,14,15,16,17,18). The van der Waals surface area contributed by atoms with E-state index in [2.05, 4.69) is 26.6 Å². The number of amides is 1. The third-order valence-corrected chi connectivity index (χ3v) is 3.11. The fourth-order valence-corrected chi connectivity index (χ4v) is 2.22. The molecule has 98 valence electrons. The highest BCUT2D eigenvalue weighted by Crippen LogP contribution is 2.25. The van der Waals surface area contributed by atoms with Gasteiger partial charge in [0.1, 0.15) is 12.1 Å². The molecule has 2 aromatic rings. The van der Waals surface area contributed by atoms with Gasteiger partial charge in [-0.2, -0.15) is 10.1 Å². The van der Waals surface area contributed by atoms with Gasteiger partial charge < -0.3 is 4.74 Å². The summed E-state index contributed by atoms with van der Waals surface area (Å²) >= 11 is 0. The molecule has 1 aliphatic carbocycles. The van der Waals surface area contributed by atoms with Gasteiger partial charge in [-0.3, -0.25) is 10.1 Å². The molecule has 1 aliphatic rings. The van der Waals surface area contributed by atoms with Crippen LogP contribution in [0.1, 0.15) is 17.5 Å². The van der Waals surface area contributed by atoms with Crippen molar-refractivity contribution in [2.24, 2.45) is 0 Å². The molecule has 0 fully saturated rings. The van der Waals surface area contributed by atoms with E-state index in [-0.39, 0.29) is 12.5 Å². The summed E-state index contributed by atoms with van der Waals surface area (Å²) in [6.07, 6.45) is 4.76. The summed E-state index contributed by atoms with van der Waals surface area (Å²) in [6, 6.07) is 6.00. The number of aryl methyl sites for hydroxylation is 2. The van der Waals surface area contributed by atoms with Gasteiger partial charge in [0.25, 0.3) is 5.91 Å². The van der Waals surface area contributed by atoms with Gasteiger partial charge in [0, 0.05) is 0 Å². The summed E-state index contributed by atoms with van der Waals surface area (Å²) in [4.78, 5) is 15.4. The molecule has 0 saturated carbocycles. The number of hydrogen-bond donors (Lipinski definition) is 2. The van der Waals surface area contributed by atoms with Crippen LogP contribution in [0.3, 0.4) is 0 Å². The largest absolute Gasteiger partial charge is 0.484 e. The lowest BCUT2D eigenvalue weighted by Crippen LogP contribution is -2.20. The number of anilines is 1. The Morgan fingerprint density at radius 3 is 3.11 bits per heavy atom. The minimum Gasteiger partial charge on any atom is -0.484 e. The lowest BCUT2D eigenvalue weighted by molar-refractivity contribution is -0.118. The summed E-state index contributed by atoms with van der Waals surface area (Å²) in [5.74, 6) is 0.785. The van der Waals surface area contributed by atoms with E-state index < -0.39 is 0 Å². The molecule has 6 nitrogen and oxygen atoms in total. The zero-order valence-electron chi connectivity index (χ0n) is 10.3. The average Bonchev–Trinajstić information content (AvgIpc) is 3.06. The topological polar surface area (TPSA) is 79.9 Å². The Labute approximate surface area is 110 Å². The van der Waals surface area contributed by atoms with E-state index >= 15 is 0 Å². The molecular weight excluding hydrogens is 244 g/mol. The van der Waals surface area contributed by atoms with Gasteiger partial charge in [0.05, 0.1) is 0 Å². The van der Waals surface area contributed by atoms with E-state index in [9.17, 15) is 4.79 Å². The smallest absolute Gasteiger partial charge is 0.264 e. The molecule has 0 saturated heterocycles. The van der Waals surface area contributed by atoms with Gasteiger partial charge in [0.2, 0.25) is 5.95 Å². The zero-order chi connectivity index (χ0) is 13.1. The molecule has 1 aromatic heterocycles. The van der Waals surface area contributed by atoms with E-state index in [0.717, 1.165) is 18.6 Å². The maximum absolute atomic E-state index is 11.6. The number of H-pyrrole nitrogens is 1. The van der Waals surface area contributed by atoms with Crippen molar-refractivity contribution in [2.75, 3.05) is 11.9 Å². The van der Waals surface area contributed by atoms with Gasteiger partial charge >= 0.3 is 0 Å². The highest BCUT2D eigenvalue weighted by molar-refractivity contribution is 5.90. The van der Waals surface area contributed by atoms with Crippen molar-refractivity contribution < 1.29 is 9.53 Å². The third kappa shape index (κ3) is 2.73. The van der Waals surface area contributed by atoms with Crippen LogP contribution in [0.25, 0.3) is 0 Å². The average molecular weight is 258 g/mol. The predicted octanol–water partition coefficient (Wildman–Crippen LogP) is 1.31. The van der Waals surface area contributed by atoms with E-state index in [1.54, 1.807) is 0 Å². The maximum atomic E-state index is 11.6. The lowest BCUT2D eigenvalue weighted by Gasteiger charge is -2.07. The minimum atomic E-state index is -0.266. The summed E-state index contributed by atoms with van der Waals surface area (Å²) < 4.78 is 5.47. The van der Waals surface area contributed by atoms with E-state index in [4.69, 9.17) is 4.74 Å². The van der Waals surface area contributed by atoms with Gasteiger partial charge in [-0.05, 0) is 42.5 Å². The second-order valence-corrected chi connectivity index (χ2v) is 4.46. The van der Waals surface area contributed by atoms with Crippen LogP contribution in [-0.4, -0.2) is 27.7 Å². The fraction of sp³-hybridized carbons (Fsp3) is 0.308. The van der Waals surface area contributed by atoms with Crippen molar-refractivity contribution in [2.45, 2.75) is 19.3 Å². The number of ether oxygens (including phenoxy) is 1. The van der Waals surface area contributed by atoms with Gasteiger partial charge in [0.15, 0.2) is 6.61 Å². The van der Waals surface area contributed by atoms with E-state index in [0.29, 0.717) is 5.95 Å². The highest BCUT2D eigenvalue weighted by Gasteiger charge is 2.12. The first-order valence-electron chi connectivity index (χ1n) is 6.21. The molecule has 3 rings (SSSR count). The maximum Gasteiger partial charge on any atom is 0.264 e. The molecule has 0 bridgehead atoms. The Hall–Kier alpha value is -2.37. The first kappa shape index (κ1) is 11.7. The first-order valence-corrected chi connectivity index (χ1v) is 6.21. The molecule has 0 radical (unpaired) electrons. The number of aromatic nitrogens is 3. The van der Waals surface area contributed by atoms with Crippen LogP contribution >= 0.6 is 0 Å². The number of rotatable bonds is 4. The highest BCUT2D eigenvalue weighted by atomic mass is 16.5. The number of nitrogens with one attached hydrogen (secondary N) is 2. The van der Waals surface area contributed by atoms with Crippen LogP contribution < -0.4 is 10.1 Å². The van der Waals surface area contributed by atoms with Crippen molar-refractivity contribution in [3.63, 3.8) is 0 Å². The number of carbonyl (C=O) groups is 1. The molecule has 0 spiro atoms. The molecule has 19 heavy (non-hydrogen) atoms. The van der Waals surface area contributed by atoms with Gasteiger partial charge in [-0.1, -0.05) is 6.07 Å². The van der Waals surface area contributed by atoms with Crippen molar-refractivity contribution in [3.8, 4) is 5.75 Å². The molecule has 0 atom stereocenters. The number of hydrogen-bond acceptors (Lipinski definition) is 4. The van der Waals surface area contributed by atoms with Gasteiger partial charge in [-0.25, -0.2) is 5.10 Å². The van der Waals surface area contributed by atoms with Crippen molar-refractivity contribution in [3.05, 3.63) is 35.7 Å². The van der Waals surface area contributed by atoms with Gasteiger partial charge in [-0.15, -0.1) is 0 Å². The van der Waals surface area contributed by atoms with Crippen LogP contribution in [0.5, 0.6) is 5.75 Å². The molecule has 0 aliphatic heterocycles. The third-order valence-electron chi connectivity index (χ3n) is 3.11. The second-order valence-electron chi connectivity index (χ2n) is 4.46. The quantitative estimate of drug-likeness (QED) is 0.866. The Balaban J connectivity index is 1.56. The summed E-state index contributed by atoms with van der Waals surface area (Å²) in [7, 11) is 0. The van der Waals surface area contributed by atoms with Crippen LogP contribution in [0.15, 0.2) is 24.5 Å². The van der Waals surface area contributed by atoms with Crippen LogP contribution in [0, 0.1) is 0 Å². The number of fused-ring (bicyclic) bond motifs is 1. The summed E-state index contributed by atoms with van der Waals surface area (Å²) in [6.45, 7) is -0.0422. The lowest BCUT2D eigenvalue weighted by atomic mass is 10.1. The number of aromatic amines is 1. The molecule has 1 aromatic carbocycles. The normalized spacial score (nSPS) is 13.1. The summed E-state index contributed by atoms with van der Waals surface area (Å²) in [5, 5.41) is 8.74. The molecule has 1 amide bonds. The summed E-state index contributed by atoms with van der Waals surface area (Å²) in [5.41, 5.74) is 2.71. The number of carbonyl (C=O) groups excluding carboxylic acids is 1. The first-order chi connectivity index (χ1) is 9.31. The van der Waals surface area contributed by atoms with Crippen molar-refractivity contribution >= 4 is 11.9 Å². The fourth-order valence-electron chi connectivity index (χ4n) is 2.22. The minimum absolute atomic E-state index is 0.0422. The van der Waals surface area contributed by atoms with E-state index in [1.807, 2.05) is 12.1 Å². The van der Waals surface area contributed by atoms with E-state index in [1.165, 1.54) is 23.9 Å². The van der Waals surface area contributed by atoms with Crippen LogP contribution in [0.2, 0.25) is 0 Å². The van der Waals surface area contributed by atoms with Crippen LogP contribution in [-0.2, 0) is 17.6 Å². The van der Waals surface area contributed by atoms with Crippen molar-refractivity contribution in [1.29, 1.82) is 0 Å². The molecule has 0 unspecified atom stereocenters. The Morgan fingerprint density at radius 2 is 2.26 bits per heavy atom. The monoisotopic (exact) mass is 258 g/mol. The Bertz CT molecular complexity index is 580. The SMILES string of the molecule is O=C(COc1ccc2c(c1)CCC2)Nc1ncn[nH]1. The Kier molecular flexibility index (Phi) is 3.14. The number of nitrogens with zero attached hydrogens (tertiary/aromatic N) is 2. The molecule has 2 N–H and O–H groups in total. The predicted molar refractivity (Wildman–Crippen MR) is 69.0 cm³/mol. The van der Waals surface area contributed by atoms with Crippen LogP contribution in [0.4, 0.5) is 5.95 Å². The molecule has 6 heteroatoms. The zero-order valence-corrected chi connectivity index (χ0v) is 10.3.